The highest BCUT2D eigenvalue weighted by atomic mass is 16.4. The van der Waals surface area contributed by atoms with Crippen LogP contribution in [0, 0.1) is 0 Å². The minimum atomic E-state index is -1.04. The normalized spacial score (nSPS) is 21.0. The van der Waals surface area contributed by atoms with Crippen molar-refractivity contribution in [3.63, 3.8) is 0 Å². The van der Waals surface area contributed by atoms with Crippen molar-refractivity contribution in [3.8, 4) is 0 Å². The van der Waals surface area contributed by atoms with E-state index in [1.807, 2.05) is 0 Å². The van der Waals surface area contributed by atoms with E-state index in [9.17, 15) is 0 Å². The molecule has 1 saturated carbocycles. The summed E-state index contributed by atoms with van der Waals surface area (Å²) in [5.74, 6) is 0.213. The van der Waals surface area contributed by atoms with Crippen LogP contribution < -0.4 is 0 Å². The Labute approximate surface area is 38.4 Å². The molecule has 0 aliphatic heterocycles. The van der Waals surface area contributed by atoms with Gasteiger partial charge in [0.1, 0.15) is 0 Å². The Bertz CT molecular complexity index is 54.9. The van der Waals surface area contributed by atoms with Crippen molar-refractivity contribution in [3.05, 3.63) is 0 Å². The zero-order valence-corrected chi connectivity index (χ0v) is 3.46. The Balaban J connectivity index is 0.000000360. The Kier molecular flexibility index (Phi) is 0.859. The fraction of sp³-hybridized carbons (Fsp3) is 1.00. The molecule has 0 bridgehead atoms. The van der Waals surface area contributed by atoms with E-state index >= 15 is 0 Å². The van der Waals surface area contributed by atoms with Crippen molar-refractivity contribution in [2.45, 2.75) is 18.7 Å². The molecule has 2 N–H and O–H groups in total. The van der Waals surface area contributed by atoms with Crippen LogP contribution in [0.15, 0.2) is 0 Å². The van der Waals surface area contributed by atoms with E-state index in [1.54, 1.807) is 0 Å². The van der Waals surface area contributed by atoms with Gasteiger partial charge >= 0.3 is 7.12 Å². The second-order valence-electron chi connectivity index (χ2n) is 1.75. The number of rotatable bonds is 1. The Morgan fingerprint density at radius 3 is 2.00 bits per heavy atom. The molecule has 0 aromatic rings. The molecule has 1 rings (SSSR count). The highest BCUT2D eigenvalue weighted by Crippen LogP contribution is 2.36. The number of hydrogen-bond acceptors (Lipinski definition) is 2. The van der Waals surface area contributed by atoms with Crippen molar-refractivity contribution < 1.29 is 11.5 Å². The molecule has 3 heteroatoms. The lowest BCUT2D eigenvalue weighted by atomic mass is 9.84. The van der Waals surface area contributed by atoms with E-state index in [1.165, 1.54) is 0 Å². The standard InChI is InChI=1S/C3H7BO2.H/c5-4(6)3-1-2-3;/h3,5-6H,1-2H2;/i;1+1. The molecule has 2 nitrogen and oxygen atoms in total. The maximum atomic E-state index is 8.25. The first-order valence-corrected chi connectivity index (χ1v) is 2.17. The first kappa shape index (κ1) is 4.15. The first-order valence-electron chi connectivity index (χ1n) is 2.17. The lowest BCUT2D eigenvalue weighted by Crippen LogP contribution is -2.09. The van der Waals surface area contributed by atoms with Gasteiger partial charge in [-0.25, -0.2) is 0 Å². The Hall–Kier alpha value is -0.0151. The number of hydrogen-bond donors (Lipinski definition) is 2. The van der Waals surface area contributed by atoms with E-state index in [0.717, 1.165) is 12.8 Å². The molecule has 1 aliphatic carbocycles. The van der Waals surface area contributed by atoms with Crippen molar-refractivity contribution in [1.29, 1.82) is 0 Å². The van der Waals surface area contributed by atoms with Crippen molar-refractivity contribution in [1.82, 2.24) is 0 Å². The molecule has 0 aromatic heterocycles. The molecule has 0 atom stereocenters. The Morgan fingerprint density at radius 1 is 1.50 bits per heavy atom. The van der Waals surface area contributed by atoms with Crippen molar-refractivity contribution in [2.75, 3.05) is 0 Å². The van der Waals surface area contributed by atoms with Gasteiger partial charge in [0.2, 0.25) is 0 Å². The average molecular weight is 87.9 g/mol. The molecule has 35 valence electrons. The highest BCUT2D eigenvalue weighted by Gasteiger charge is 2.33. The molecule has 6 heavy (non-hydrogen) atoms. The van der Waals surface area contributed by atoms with Gasteiger partial charge in [-0.1, -0.05) is 12.8 Å². The van der Waals surface area contributed by atoms with Crippen LogP contribution in [-0.2, 0) is 0 Å². The van der Waals surface area contributed by atoms with Crippen LogP contribution in [0.5, 0.6) is 0 Å². The van der Waals surface area contributed by atoms with E-state index in [-0.39, 0.29) is 7.24 Å². The zero-order valence-electron chi connectivity index (χ0n) is 4.46. The summed E-state index contributed by atoms with van der Waals surface area (Å²) in [5, 5.41) is 16.5. The summed E-state index contributed by atoms with van der Waals surface area (Å²) in [7, 11) is -1.04. The van der Waals surface area contributed by atoms with Crippen LogP contribution in [0.2, 0.25) is 5.82 Å². The summed E-state index contributed by atoms with van der Waals surface area (Å²) >= 11 is 0. The van der Waals surface area contributed by atoms with Crippen LogP contribution in [0.3, 0.4) is 0 Å². The summed E-state index contributed by atoms with van der Waals surface area (Å²) < 4.78 is 0. The summed E-state index contributed by atoms with van der Waals surface area (Å²) in [6.07, 6.45) is 2.00. The quantitative estimate of drug-likeness (QED) is 0.433. The highest BCUT2D eigenvalue weighted by molar-refractivity contribution is 6.44. The zero-order chi connectivity index (χ0) is 4.57. The molecule has 0 saturated heterocycles. The first-order chi connectivity index (χ1) is 2.80. The topological polar surface area (TPSA) is 40.5 Å². The van der Waals surface area contributed by atoms with Gasteiger partial charge in [0.15, 0.2) is 0 Å². The van der Waals surface area contributed by atoms with Gasteiger partial charge in [0.05, 0.1) is 0 Å². The SMILES string of the molecule is OB(O)C1CC1.[2H]. The van der Waals surface area contributed by atoms with Gasteiger partial charge in [-0.05, 0) is 5.82 Å². The van der Waals surface area contributed by atoms with Gasteiger partial charge < -0.3 is 10.0 Å². The van der Waals surface area contributed by atoms with Crippen LogP contribution in [0.4, 0.5) is 0 Å². The summed E-state index contributed by atoms with van der Waals surface area (Å²) in [4.78, 5) is 0. The smallest absolute Gasteiger partial charge is 0.427 e. The minimum absolute atomic E-state index is 0. The molecule has 1 radical (unpaired) electrons. The predicted molar refractivity (Wildman–Crippen MR) is 24.3 cm³/mol. The molecule has 0 heterocycles. The molecule has 1 fully saturated rings. The van der Waals surface area contributed by atoms with Crippen molar-refractivity contribution in [2.24, 2.45) is 0 Å². The molecule has 0 aromatic carbocycles. The summed E-state index contributed by atoms with van der Waals surface area (Å²) in [6, 6.07) is 0. The fourth-order valence-corrected chi connectivity index (χ4v) is 0.394. The maximum absolute atomic E-state index is 8.25. The largest absolute Gasteiger partial charge is 0.454 e. The second-order valence-corrected chi connectivity index (χ2v) is 1.75. The molecule has 0 amide bonds. The third-order valence-electron chi connectivity index (χ3n) is 1.04. The van der Waals surface area contributed by atoms with Crippen LogP contribution in [0.25, 0.3) is 0 Å². The van der Waals surface area contributed by atoms with Crippen LogP contribution in [0.1, 0.15) is 14.3 Å². The lowest BCUT2D eigenvalue weighted by molar-refractivity contribution is 0.403. The van der Waals surface area contributed by atoms with Gasteiger partial charge in [-0.15, -0.1) is 0 Å². The maximum Gasteiger partial charge on any atom is 0.454 e. The van der Waals surface area contributed by atoms with E-state index in [2.05, 4.69) is 0 Å². The van der Waals surface area contributed by atoms with Gasteiger partial charge in [0, 0.05) is 1.43 Å². The van der Waals surface area contributed by atoms with Gasteiger partial charge in [0.25, 0.3) is 0 Å². The average Bonchev–Trinajstić information content (AvgIpc) is 2.06. The van der Waals surface area contributed by atoms with E-state index in [0.29, 0.717) is 0 Å². The summed E-state index contributed by atoms with van der Waals surface area (Å²) in [6.45, 7) is 0. The molecule has 0 unspecified atom stereocenters. The monoisotopic (exact) mass is 88.1 g/mol. The second kappa shape index (κ2) is 1.24. The molecular formula is C3H8BO2. The van der Waals surface area contributed by atoms with E-state index < -0.39 is 7.12 Å². The molecule has 1 aliphatic rings. The van der Waals surface area contributed by atoms with E-state index in [4.69, 9.17) is 10.0 Å². The fourth-order valence-electron chi connectivity index (χ4n) is 0.394. The minimum Gasteiger partial charge on any atom is -0.427 e. The lowest BCUT2D eigenvalue weighted by Gasteiger charge is -1.84. The van der Waals surface area contributed by atoms with Gasteiger partial charge in [-0.2, -0.15) is 0 Å². The van der Waals surface area contributed by atoms with Gasteiger partial charge in [-0.3, -0.25) is 0 Å². The van der Waals surface area contributed by atoms with Crippen LogP contribution >= 0.6 is 0 Å². The van der Waals surface area contributed by atoms with Crippen LogP contribution in [-0.4, -0.2) is 17.2 Å². The third kappa shape index (κ3) is 0.728. The molecular weight excluding hydrogens is 78.8 g/mol. The van der Waals surface area contributed by atoms with Crippen molar-refractivity contribution >= 4 is 7.12 Å². The predicted octanol–water partition coefficient (Wildman–Crippen LogP) is -0.264. The third-order valence-corrected chi connectivity index (χ3v) is 1.04. The Morgan fingerprint density at radius 2 is 2.00 bits per heavy atom. The molecule has 0 spiro atoms. The summed E-state index contributed by atoms with van der Waals surface area (Å²) in [5.41, 5.74) is 0.